The highest BCUT2D eigenvalue weighted by Gasteiger charge is 2.65. The van der Waals surface area contributed by atoms with Crippen LogP contribution >= 0.6 is 0 Å². The van der Waals surface area contributed by atoms with Crippen LogP contribution in [-0.4, -0.2) is 22.8 Å². The zero-order valence-electron chi connectivity index (χ0n) is 21.1. The molecule has 0 saturated heterocycles. The standard InChI is InChI=1S/C29H46O3/c1-18-8-14-29(25(31)32)15-10-21-20(22(29)16-18)6-7-24-27(21,4)13-11-23-26(2,3)19(17-30)9-12-28(23,24)5/h6,18-19,21-24,30H,7-17H2,1-5H3,(H,31,32). The molecule has 32 heavy (non-hydrogen) atoms. The minimum absolute atomic E-state index is 0.191. The van der Waals surface area contributed by atoms with E-state index in [2.05, 4.69) is 40.7 Å². The summed E-state index contributed by atoms with van der Waals surface area (Å²) in [6.07, 6.45) is 13.6. The number of aliphatic carboxylic acids is 1. The fourth-order valence-electron chi connectivity index (χ4n) is 10.6. The van der Waals surface area contributed by atoms with E-state index in [-0.39, 0.29) is 11.3 Å². The SMILES string of the molecule is CC1CCC2(C(=O)O)CCC3C(=CCC4C3(C)CCC3C(C)(C)C(CO)CCC34C)C2C1. The molecule has 4 saturated carbocycles. The first-order valence-corrected chi connectivity index (χ1v) is 13.5. The predicted octanol–water partition coefficient (Wildman–Crippen LogP) is 6.70. The Bertz CT molecular complexity index is 813. The van der Waals surface area contributed by atoms with Crippen molar-refractivity contribution in [2.45, 2.75) is 98.8 Å². The number of carbonyl (C=O) groups is 1. The van der Waals surface area contributed by atoms with Crippen LogP contribution in [0.5, 0.6) is 0 Å². The van der Waals surface area contributed by atoms with E-state index >= 15 is 0 Å². The highest BCUT2D eigenvalue weighted by Crippen LogP contribution is 2.72. The Morgan fingerprint density at radius 1 is 0.938 bits per heavy atom. The Morgan fingerprint density at radius 3 is 2.31 bits per heavy atom. The average Bonchev–Trinajstić information content (AvgIpc) is 2.72. The van der Waals surface area contributed by atoms with Gasteiger partial charge < -0.3 is 10.2 Å². The third-order valence-corrected chi connectivity index (χ3v) is 12.4. The van der Waals surface area contributed by atoms with E-state index in [0.717, 1.165) is 44.9 Å². The maximum absolute atomic E-state index is 12.6. The van der Waals surface area contributed by atoms with Gasteiger partial charge in [0.05, 0.1) is 5.41 Å². The number of carboxylic acid groups (broad SMARTS) is 1. The molecule has 9 atom stereocenters. The van der Waals surface area contributed by atoms with Gasteiger partial charge in [-0.25, -0.2) is 0 Å². The fraction of sp³-hybridized carbons (Fsp3) is 0.897. The molecule has 0 spiro atoms. The molecule has 9 unspecified atom stereocenters. The van der Waals surface area contributed by atoms with Crippen molar-refractivity contribution in [3.8, 4) is 0 Å². The lowest BCUT2D eigenvalue weighted by Crippen LogP contribution is -2.61. The molecule has 0 aromatic heterocycles. The normalized spacial score (nSPS) is 52.0. The second-order valence-corrected chi connectivity index (χ2v) is 13.8. The largest absolute Gasteiger partial charge is 0.481 e. The Hall–Kier alpha value is -0.830. The monoisotopic (exact) mass is 442 g/mol. The quantitative estimate of drug-likeness (QED) is 0.468. The topological polar surface area (TPSA) is 57.5 Å². The molecule has 0 radical (unpaired) electrons. The molecule has 0 amide bonds. The molecule has 0 aliphatic heterocycles. The van der Waals surface area contributed by atoms with Gasteiger partial charge in [0.25, 0.3) is 0 Å². The molecule has 5 aliphatic rings. The third-order valence-electron chi connectivity index (χ3n) is 12.4. The van der Waals surface area contributed by atoms with E-state index in [0.29, 0.717) is 47.0 Å². The molecule has 180 valence electrons. The molecule has 2 N–H and O–H groups in total. The Labute approximate surface area is 195 Å². The first-order valence-electron chi connectivity index (χ1n) is 13.5. The van der Waals surface area contributed by atoms with E-state index in [9.17, 15) is 15.0 Å². The second-order valence-electron chi connectivity index (χ2n) is 13.8. The fourth-order valence-corrected chi connectivity index (χ4v) is 10.6. The van der Waals surface area contributed by atoms with Crippen LogP contribution in [0, 0.1) is 57.2 Å². The van der Waals surface area contributed by atoms with Crippen molar-refractivity contribution in [1.82, 2.24) is 0 Å². The lowest BCUT2D eigenvalue weighted by Gasteiger charge is -2.68. The van der Waals surface area contributed by atoms with E-state index in [1.54, 1.807) is 5.57 Å². The molecule has 0 bridgehead atoms. The molecular weight excluding hydrogens is 396 g/mol. The van der Waals surface area contributed by atoms with Crippen molar-refractivity contribution in [3.63, 3.8) is 0 Å². The molecule has 3 heteroatoms. The van der Waals surface area contributed by atoms with E-state index < -0.39 is 11.4 Å². The van der Waals surface area contributed by atoms with Gasteiger partial charge in [-0.05, 0) is 116 Å². The molecule has 5 aliphatic carbocycles. The number of fused-ring (bicyclic) bond motifs is 7. The molecule has 4 fully saturated rings. The maximum Gasteiger partial charge on any atom is 0.310 e. The number of rotatable bonds is 2. The van der Waals surface area contributed by atoms with Crippen molar-refractivity contribution >= 4 is 5.97 Å². The molecule has 0 heterocycles. The summed E-state index contributed by atoms with van der Waals surface area (Å²) in [6.45, 7) is 12.7. The van der Waals surface area contributed by atoms with Gasteiger partial charge in [0.2, 0.25) is 0 Å². The summed E-state index contributed by atoms with van der Waals surface area (Å²) < 4.78 is 0. The van der Waals surface area contributed by atoms with E-state index in [4.69, 9.17) is 0 Å². The summed E-state index contributed by atoms with van der Waals surface area (Å²) in [4.78, 5) is 12.6. The minimum atomic E-state index is -0.527. The van der Waals surface area contributed by atoms with Crippen molar-refractivity contribution < 1.29 is 15.0 Å². The van der Waals surface area contributed by atoms with Crippen LogP contribution in [0.1, 0.15) is 98.8 Å². The summed E-state index contributed by atoms with van der Waals surface area (Å²) in [6, 6.07) is 0. The van der Waals surface area contributed by atoms with E-state index in [1.807, 2.05) is 0 Å². The first-order chi connectivity index (χ1) is 15.0. The van der Waals surface area contributed by atoms with Gasteiger partial charge in [-0.1, -0.05) is 46.3 Å². The highest BCUT2D eigenvalue weighted by molar-refractivity contribution is 5.76. The Balaban J connectivity index is 1.53. The minimum Gasteiger partial charge on any atom is -0.481 e. The van der Waals surface area contributed by atoms with Gasteiger partial charge in [-0.15, -0.1) is 0 Å². The van der Waals surface area contributed by atoms with Gasteiger partial charge in [0.15, 0.2) is 0 Å². The first kappa shape index (κ1) is 22.9. The summed E-state index contributed by atoms with van der Waals surface area (Å²) in [5, 5.41) is 20.4. The molecule has 0 aromatic carbocycles. The van der Waals surface area contributed by atoms with Crippen LogP contribution < -0.4 is 0 Å². The van der Waals surface area contributed by atoms with Crippen molar-refractivity contribution in [3.05, 3.63) is 11.6 Å². The number of hydrogen-bond donors (Lipinski definition) is 2. The lowest BCUT2D eigenvalue weighted by molar-refractivity contribution is -0.179. The van der Waals surface area contributed by atoms with Gasteiger partial charge >= 0.3 is 5.97 Å². The van der Waals surface area contributed by atoms with Crippen molar-refractivity contribution in [1.29, 1.82) is 0 Å². The van der Waals surface area contributed by atoms with Crippen LogP contribution in [0.15, 0.2) is 11.6 Å². The number of carboxylic acids is 1. The van der Waals surface area contributed by atoms with Crippen LogP contribution in [0.4, 0.5) is 0 Å². The Morgan fingerprint density at radius 2 is 1.62 bits per heavy atom. The van der Waals surface area contributed by atoms with Gasteiger partial charge in [-0.2, -0.15) is 0 Å². The van der Waals surface area contributed by atoms with Gasteiger partial charge in [0, 0.05) is 6.61 Å². The average molecular weight is 443 g/mol. The van der Waals surface area contributed by atoms with Crippen molar-refractivity contribution in [2.24, 2.45) is 57.2 Å². The van der Waals surface area contributed by atoms with Crippen LogP contribution in [0.2, 0.25) is 0 Å². The van der Waals surface area contributed by atoms with Crippen molar-refractivity contribution in [2.75, 3.05) is 6.61 Å². The summed E-state index contributed by atoms with van der Waals surface area (Å²) in [5.41, 5.74) is 1.86. The zero-order valence-corrected chi connectivity index (χ0v) is 21.1. The molecule has 5 rings (SSSR count). The highest BCUT2D eigenvalue weighted by atomic mass is 16.4. The third kappa shape index (κ3) is 2.85. The number of aliphatic hydroxyl groups excluding tert-OH is 1. The van der Waals surface area contributed by atoms with Gasteiger partial charge in [0.1, 0.15) is 0 Å². The smallest absolute Gasteiger partial charge is 0.310 e. The number of allylic oxidation sites excluding steroid dienone is 2. The lowest BCUT2D eigenvalue weighted by atomic mass is 9.36. The molecule has 3 nitrogen and oxygen atoms in total. The molecular formula is C29H46O3. The van der Waals surface area contributed by atoms with E-state index in [1.165, 1.54) is 19.3 Å². The van der Waals surface area contributed by atoms with Gasteiger partial charge in [-0.3, -0.25) is 4.79 Å². The number of hydrogen-bond acceptors (Lipinski definition) is 2. The summed E-state index contributed by atoms with van der Waals surface area (Å²) >= 11 is 0. The second kappa shape index (κ2) is 7.33. The zero-order chi connectivity index (χ0) is 23.1. The van der Waals surface area contributed by atoms with Crippen LogP contribution in [0.3, 0.4) is 0 Å². The number of aliphatic hydroxyl groups is 1. The molecule has 0 aromatic rings. The summed E-state index contributed by atoms with van der Waals surface area (Å²) in [5.74, 6) is 2.72. The van der Waals surface area contributed by atoms with Crippen LogP contribution in [0.25, 0.3) is 0 Å². The van der Waals surface area contributed by atoms with Crippen LogP contribution in [-0.2, 0) is 4.79 Å². The maximum atomic E-state index is 12.6. The Kier molecular flexibility index (Phi) is 5.26. The predicted molar refractivity (Wildman–Crippen MR) is 128 cm³/mol. The summed E-state index contributed by atoms with van der Waals surface area (Å²) in [7, 11) is 0.